The Bertz CT molecular complexity index is 608. The maximum atomic E-state index is 12.0. The summed E-state index contributed by atoms with van der Waals surface area (Å²) in [5.41, 5.74) is -13.1. The first-order valence-electron chi connectivity index (χ1n) is 3.50. The standard InChI is InChI=1S/C3H3F6NO6S3/c1-17(11,12)10(18(13,14)2(4,5)6)19(15,16)3(7,8)9/h1H3. The van der Waals surface area contributed by atoms with Gasteiger partial charge < -0.3 is 0 Å². The first-order chi connectivity index (χ1) is 7.87. The Hall–Kier alpha value is -0.610. The van der Waals surface area contributed by atoms with Crippen LogP contribution in [0.4, 0.5) is 26.3 Å². The number of hydrogen-bond acceptors (Lipinski definition) is 6. The third-order valence-corrected chi connectivity index (χ3v) is 7.72. The van der Waals surface area contributed by atoms with Crippen molar-refractivity contribution in [2.75, 3.05) is 6.26 Å². The molecule has 0 fully saturated rings. The number of hydrogen-bond donors (Lipinski definition) is 0. The minimum Gasteiger partial charge on any atom is -0.211 e. The van der Waals surface area contributed by atoms with Crippen molar-refractivity contribution in [1.82, 2.24) is 3.12 Å². The summed E-state index contributed by atoms with van der Waals surface area (Å²) < 4.78 is 133. The van der Waals surface area contributed by atoms with E-state index in [2.05, 4.69) is 0 Å². The molecule has 0 heterocycles. The van der Waals surface area contributed by atoms with Crippen LogP contribution in [0.1, 0.15) is 0 Å². The third kappa shape index (κ3) is 3.29. The molecule has 0 N–H and O–H groups in total. The van der Waals surface area contributed by atoms with Gasteiger partial charge >= 0.3 is 31.1 Å². The van der Waals surface area contributed by atoms with Gasteiger partial charge in [-0.1, -0.05) is 0 Å². The van der Waals surface area contributed by atoms with E-state index in [-0.39, 0.29) is 0 Å². The van der Waals surface area contributed by atoms with Crippen molar-refractivity contribution >= 4 is 30.1 Å². The van der Waals surface area contributed by atoms with Gasteiger partial charge in [-0.15, -0.1) is 0 Å². The topological polar surface area (TPSA) is 106 Å². The van der Waals surface area contributed by atoms with Gasteiger partial charge in [-0.05, 0) is 0 Å². The van der Waals surface area contributed by atoms with Crippen LogP contribution in [0, 0.1) is 0 Å². The SMILES string of the molecule is CS(=O)(=O)N(S(=O)(=O)C(F)(F)F)S(=O)(=O)C(F)(F)F. The maximum absolute atomic E-state index is 12.0. The van der Waals surface area contributed by atoms with E-state index in [1.54, 1.807) is 0 Å². The molecule has 0 radical (unpaired) electrons. The average molecular weight is 359 g/mol. The largest absolute Gasteiger partial charge is 0.513 e. The van der Waals surface area contributed by atoms with Crippen LogP contribution in [0.3, 0.4) is 0 Å². The predicted molar refractivity (Wildman–Crippen MR) is 46.6 cm³/mol. The van der Waals surface area contributed by atoms with Gasteiger partial charge in [0.1, 0.15) is 0 Å². The van der Waals surface area contributed by atoms with Crippen molar-refractivity contribution in [2.24, 2.45) is 0 Å². The molecule has 0 amide bonds. The molecule has 0 unspecified atom stereocenters. The van der Waals surface area contributed by atoms with Gasteiger partial charge in [0.15, 0.2) is 0 Å². The average Bonchev–Trinajstić information content (AvgIpc) is 1.93. The summed E-state index contributed by atoms with van der Waals surface area (Å²) in [6.07, 6.45) is -0.445. The van der Waals surface area contributed by atoms with Crippen LogP contribution in [0.2, 0.25) is 0 Å². The Balaban J connectivity index is 6.59. The molecule has 0 aromatic carbocycles. The van der Waals surface area contributed by atoms with Crippen molar-refractivity contribution in [1.29, 1.82) is 0 Å². The normalized spacial score (nSPS) is 15.8. The first-order valence-corrected chi connectivity index (χ1v) is 8.23. The van der Waals surface area contributed by atoms with Crippen molar-refractivity contribution in [3.8, 4) is 0 Å². The maximum Gasteiger partial charge on any atom is 0.513 e. The Labute approximate surface area is 103 Å². The molecular formula is C3H3F6NO6S3. The fraction of sp³-hybridized carbons (Fsp3) is 1.00. The number of sulfonamides is 3. The van der Waals surface area contributed by atoms with Crippen LogP contribution in [0.15, 0.2) is 0 Å². The zero-order valence-electron chi connectivity index (χ0n) is 8.39. The molecule has 0 saturated carbocycles. The molecule has 0 aliphatic heterocycles. The van der Waals surface area contributed by atoms with Crippen molar-refractivity contribution < 1.29 is 51.6 Å². The highest BCUT2D eigenvalue weighted by molar-refractivity contribution is 8.17. The molecule has 0 aromatic heterocycles. The lowest BCUT2D eigenvalue weighted by atomic mass is 11.6. The molecule has 0 bridgehead atoms. The van der Waals surface area contributed by atoms with Crippen LogP contribution >= 0.6 is 0 Å². The monoisotopic (exact) mass is 359 g/mol. The molecule has 0 atom stereocenters. The molecule has 0 aliphatic rings. The smallest absolute Gasteiger partial charge is 0.211 e. The van der Waals surface area contributed by atoms with E-state index in [4.69, 9.17) is 0 Å². The number of nitrogens with zero attached hydrogens (tertiary/aromatic N) is 1. The second-order valence-corrected chi connectivity index (χ2v) is 8.88. The van der Waals surface area contributed by atoms with Gasteiger partial charge in [-0.3, -0.25) is 0 Å². The van der Waals surface area contributed by atoms with Crippen LogP contribution in [0.5, 0.6) is 0 Å². The Morgan fingerprint density at radius 1 is 0.684 bits per heavy atom. The number of rotatable bonds is 3. The van der Waals surface area contributed by atoms with Gasteiger partial charge in [0.25, 0.3) is 0 Å². The highest BCUT2D eigenvalue weighted by Gasteiger charge is 2.65. The summed E-state index contributed by atoms with van der Waals surface area (Å²) in [6, 6.07) is 0. The molecule has 16 heteroatoms. The molecule has 0 spiro atoms. The zero-order valence-corrected chi connectivity index (χ0v) is 10.8. The Morgan fingerprint density at radius 3 is 1.00 bits per heavy atom. The highest BCUT2D eigenvalue weighted by atomic mass is 32.3. The second-order valence-electron chi connectivity index (χ2n) is 2.80. The summed E-state index contributed by atoms with van der Waals surface area (Å²) in [6.45, 7) is 0. The van der Waals surface area contributed by atoms with E-state index in [0.29, 0.717) is 0 Å². The molecular weight excluding hydrogens is 356 g/mol. The minimum atomic E-state index is -7.30. The first kappa shape index (κ1) is 18.4. The van der Waals surface area contributed by atoms with Gasteiger partial charge in [0.2, 0.25) is 10.0 Å². The van der Waals surface area contributed by atoms with E-state index < -0.39 is 50.5 Å². The Morgan fingerprint density at radius 2 is 0.895 bits per heavy atom. The number of halogens is 6. The minimum absolute atomic E-state index is 0.445. The van der Waals surface area contributed by atoms with Crippen LogP contribution in [-0.2, 0) is 30.1 Å². The lowest BCUT2D eigenvalue weighted by Crippen LogP contribution is -2.51. The fourth-order valence-electron chi connectivity index (χ4n) is 0.655. The molecule has 7 nitrogen and oxygen atoms in total. The van der Waals surface area contributed by atoms with Crippen LogP contribution < -0.4 is 0 Å². The van der Waals surface area contributed by atoms with Gasteiger partial charge in [0, 0.05) is 3.12 Å². The van der Waals surface area contributed by atoms with Gasteiger partial charge in [-0.25, -0.2) is 25.3 Å². The van der Waals surface area contributed by atoms with E-state index >= 15 is 0 Å². The Kier molecular flexibility index (Phi) is 4.31. The third-order valence-electron chi connectivity index (χ3n) is 1.25. The predicted octanol–water partition coefficient (Wildman–Crippen LogP) is -0.0528. The molecule has 116 valence electrons. The lowest BCUT2D eigenvalue weighted by Gasteiger charge is -2.21. The van der Waals surface area contributed by atoms with E-state index in [1.807, 2.05) is 0 Å². The molecule has 19 heavy (non-hydrogen) atoms. The van der Waals surface area contributed by atoms with Crippen molar-refractivity contribution in [3.63, 3.8) is 0 Å². The van der Waals surface area contributed by atoms with Crippen LogP contribution in [-0.4, -0.2) is 45.6 Å². The summed E-state index contributed by atoms with van der Waals surface area (Å²) in [5.74, 6) is 0. The fourth-order valence-corrected chi connectivity index (χ4v) is 5.89. The molecule has 0 aliphatic carbocycles. The van der Waals surface area contributed by atoms with Crippen molar-refractivity contribution in [3.05, 3.63) is 0 Å². The highest BCUT2D eigenvalue weighted by Crippen LogP contribution is 2.36. The molecule has 0 saturated heterocycles. The second kappa shape index (κ2) is 4.45. The van der Waals surface area contributed by atoms with E-state index in [9.17, 15) is 51.6 Å². The van der Waals surface area contributed by atoms with Gasteiger partial charge in [-0.2, -0.15) is 26.3 Å². The lowest BCUT2D eigenvalue weighted by molar-refractivity contribution is -0.0506. The van der Waals surface area contributed by atoms with E-state index in [0.717, 1.165) is 0 Å². The summed E-state index contributed by atoms with van der Waals surface area (Å²) in [7, 11) is -20.5. The summed E-state index contributed by atoms with van der Waals surface area (Å²) in [5, 5.41) is 0. The summed E-state index contributed by atoms with van der Waals surface area (Å²) in [4.78, 5) is 0. The number of alkyl halides is 6. The van der Waals surface area contributed by atoms with Crippen molar-refractivity contribution in [2.45, 2.75) is 11.0 Å². The van der Waals surface area contributed by atoms with Gasteiger partial charge in [0.05, 0.1) is 6.26 Å². The quantitative estimate of drug-likeness (QED) is 0.654. The molecule has 0 aromatic rings. The molecule has 0 rings (SSSR count). The van der Waals surface area contributed by atoms with Crippen LogP contribution in [0.25, 0.3) is 0 Å². The summed E-state index contributed by atoms with van der Waals surface area (Å²) >= 11 is 0. The van der Waals surface area contributed by atoms with E-state index in [1.165, 1.54) is 0 Å². The zero-order chi connectivity index (χ0) is 16.1.